The molecule has 0 aliphatic heterocycles. The summed E-state index contributed by atoms with van der Waals surface area (Å²) < 4.78 is 1.80. The molecule has 0 unspecified atom stereocenters. The number of nitro groups is 1. The lowest BCUT2D eigenvalue weighted by atomic mass is 10.1. The van der Waals surface area contributed by atoms with Crippen molar-refractivity contribution < 1.29 is 4.92 Å². The van der Waals surface area contributed by atoms with Crippen molar-refractivity contribution in [3.63, 3.8) is 0 Å². The maximum absolute atomic E-state index is 10.8. The maximum atomic E-state index is 10.8. The third-order valence-corrected chi connectivity index (χ3v) is 3.39. The van der Waals surface area contributed by atoms with Crippen molar-refractivity contribution >= 4 is 11.4 Å². The van der Waals surface area contributed by atoms with Crippen LogP contribution >= 0.6 is 0 Å². The van der Waals surface area contributed by atoms with E-state index < -0.39 is 0 Å². The van der Waals surface area contributed by atoms with Crippen LogP contribution in [0.1, 0.15) is 36.6 Å². The van der Waals surface area contributed by atoms with Gasteiger partial charge in [0.25, 0.3) is 5.69 Å². The van der Waals surface area contributed by atoms with Crippen LogP contribution in [0.25, 0.3) is 0 Å². The summed E-state index contributed by atoms with van der Waals surface area (Å²) >= 11 is 0. The number of nitrogens with one attached hydrogen (secondary N) is 1. The summed E-state index contributed by atoms with van der Waals surface area (Å²) in [6.45, 7) is 6.73. The fourth-order valence-electron chi connectivity index (χ4n) is 2.28. The molecule has 1 aromatic carbocycles. The van der Waals surface area contributed by atoms with Gasteiger partial charge in [-0.1, -0.05) is 19.9 Å². The van der Waals surface area contributed by atoms with Crippen LogP contribution in [0.2, 0.25) is 0 Å². The average molecular weight is 288 g/mol. The first-order chi connectivity index (χ1) is 9.88. The van der Waals surface area contributed by atoms with Crippen LogP contribution in [0.3, 0.4) is 0 Å². The van der Waals surface area contributed by atoms with Gasteiger partial charge in [0.15, 0.2) is 0 Å². The summed E-state index contributed by atoms with van der Waals surface area (Å²) in [5.41, 5.74) is 4.02. The standard InChI is InChI=1S/C15H20N4O2/c1-10(2)15-12(9-18(4)17-15)8-16-14-7-13(19(20)21)6-5-11(14)3/h5-7,9-10,16H,8H2,1-4H3. The number of nitrogens with zero attached hydrogens (tertiary/aromatic N) is 3. The Kier molecular flexibility index (Phi) is 4.26. The number of aromatic nitrogens is 2. The minimum atomic E-state index is -0.381. The number of hydrogen-bond donors (Lipinski definition) is 1. The van der Waals surface area contributed by atoms with E-state index in [4.69, 9.17) is 0 Å². The van der Waals surface area contributed by atoms with E-state index in [-0.39, 0.29) is 10.6 Å². The Morgan fingerprint density at radius 3 is 2.76 bits per heavy atom. The summed E-state index contributed by atoms with van der Waals surface area (Å²) in [6.07, 6.45) is 1.98. The molecule has 0 spiro atoms. The number of aryl methyl sites for hydroxylation is 2. The van der Waals surface area contributed by atoms with Crippen molar-refractivity contribution in [1.29, 1.82) is 0 Å². The van der Waals surface area contributed by atoms with Crippen molar-refractivity contribution in [3.8, 4) is 0 Å². The first kappa shape index (κ1) is 15.0. The van der Waals surface area contributed by atoms with Gasteiger partial charge in [-0.3, -0.25) is 14.8 Å². The first-order valence-electron chi connectivity index (χ1n) is 6.89. The Morgan fingerprint density at radius 1 is 1.43 bits per heavy atom. The highest BCUT2D eigenvalue weighted by Crippen LogP contribution is 2.24. The fourth-order valence-corrected chi connectivity index (χ4v) is 2.28. The van der Waals surface area contributed by atoms with E-state index >= 15 is 0 Å². The second-order valence-electron chi connectivity index (χ2n) is 5.48. The lowest BCUT2D eigenvalue weighted by molar-refractivity contribution is -0.384. The summed E-state index contributed by atoms with van der Waals surface area (Å²) in [7, 11) is 1.90. The van der Waals surface area contributed by atoms with Gasteiger partial charge in [-0.15, -0.1) is 0 Å². The van der Waals surface area contributed by atoms with Crippen molar-refractivity contribution in [2.24, 2.45) is 7.05 Å². The van der Waals surface area contributed by atoms with Gasteiger partial charge in [-0.25, -0.2) is 0 Å². The molecule has 0 fully saturated rings. The molecule has 2 rings (SSSR count). The SMILES string of the molecule is Cc1ccc([N+](=O)[O-])cc1NCc1cn(C)nc1C(C)C. The van der Waals surface area contributed by atoms with E-state index in [9.17, 15) is 10.1 Å². The Labute approximate surface area is 123 Å². The largest absolute Gasteiger partial charge is 0.380 e. The number of anilines is 1. The van der Waals surface area contributed by atoms with Crippen LogP contribution in [-0.4, -0.2) is 14.7 Å². The topological polar surface area (TPSA) is 73.0 Å². The predicted octanol–water partition coefficient (Wildman–Crippen LogP) is 3.37. The summed E-state index contributed by atoms with van der Waals surface area (Å²) in [4.78, 5) is 10.5. The van der Waals surface area contributed by atoms with Gasteiger partial charge in [-0.05, 0) is 18.4 Å². The molecule has 21 heavy (non-hydrogen) atoms. The number of nitro benzene ring substituents is 1. The molecule has 0 aliphatic rings. The van der Waals surface area contributed by atoms with Crippen LogP contribution in [0, 0.1) is 17.0 Å². The van der Waals surface area contributed by atoms with Crippen LogP contribution < -0.4 is 5.32 Å². The smallest absolute Gasteiger partial charge is 0.271 e. The van der Waals surface area contributed by atoms with Crippen molar-refractivity contribution in [1.82, 2.24) is 9.78 Å². The number of rotatable bonds is 5. The lowest BCUT2D eigenvalue weighted by Gasteiger charge is -2.10. The minimum absolute atomic E-state index is 0.0957. The van der Waals surface area contributed by atoms with E-state index in [2.05, 4.69) is 24.3 Å². The highest BCUT2D eigenvalue weighted by Gasteiger charge is 2.13. The van der Waals surface area contributed by atoms with Gasteiger partial charge in [0.05, 0.1) is 10.6 Å². The molecule has 1 aromatic heterocycles. The van der Waals surface area contributed by atoms with Crippen LogP contribution in [0.15, 0.2) is 24.4 Å². The molecule has 112 valence electrons. The third kappa shape index (κ3) is 3.39. The minimum Gasteiger partial charge on any atom is -0.380 e. The molecule has 6 heteroatoms. The third-order valence-electron chi connectivity index (χ3n) is 3.39. The van der Waals surface area contributed by atoms with E-state index in [1.54, 1.807) is 16.8 Å². The van der Waals surface area contributed by atoms with E-state index in [1.807, 2.05) is 20.2 Å². The quantitative estimate of drug-likeness (QED) is 0.676. The Bertz CT molecular complexity index is 662. The van der Waals surface area contributed by atoms with Crippen molar-refractivity contribution in [2.45, 2.75) is 33.2 Å². The maximum Gasteiger partial charge on any atom is 0.271 e. The summed E-state index contributed by atoms with van der Waals surface area (Å²) in [5, 5.41) is 18.6. The molecule has 0 atom stereocenters. The lowest BCUT2D eigenvalue weighted by Crippen LogP contribution is -2.04. The van der Waals surface area contributed by atoms with Crippen LogP contribution in [0.4, 0.5) is 11.4 Å². The normalized spacial score (nSPS) is 10.9. The number of benzene rings is 1. The molecule has 1 heterocycles. The molecule has 2 aromatic rings. The van der Waals surface area contributed by atoms with Gasteiger partial charge in [0.2, 0.25) is 0 Å². The fraction of sp³-hybridized carbons (Fsp3) is 0.400. The molecule has 0 saturated heterocycles. The zero-order valence-electron chi connectivity index (χ0n) is 12.8. The molecule has 0 bridgehead atoms. The van der Waals surface area contributed by atoms with E-state index in [0.29, 0.717) is 12.5 Å². The second kappa shape index (κ2) is 5.95. The predicted molar refractivity (Wildman–Crippen MR) is 82.5 cm³/mol. The van der Waals surface area contributed by atoms with Gasteiger partial charge in [0.1, 0.15) is 0 Å². The zero-order chi connectivity index (χ0) is 15.6. The van der Waals surface area contributed by atoms with Crippen LogP contribution in [-0.2, 0) is 13.6 Å². The molecule has 0 amide bonds. The molecular formula is C15H20N4O2. The molecule has 0 aliphatic carbocycles. The van der Waals surface area contributed by atoms with Gasteiger partial charge in [-0.2, -0.15) is 5.10 Å². The zero-order valence-corrected chi connectivity index (χ0v) is 12.8. The highest BCUT2D eigenvalue weighted by atomic mass is 16.6. The molecular weight excluding hydrogens is 268 g/mol. The van der Waals surface area contributed by atoms with Crippen LogP contribution in [0.5, 0.6) is 0 Å². The number of hydrogen-bond acceptors (Lipinski definition) is 4. The second-order valence-corrected chi connectivity index (χ2v) is 5.48. The monoisotopic (exact) mass is 288 g/mol. The molecule has 0 saturated carbocycles. The van der Waals surface area contributed by atoms with Crippen molar-refractivity contribution in [3.05, 3.63) is 51.3 Å². The van der Waals surface area contributed by atoms with E-state index in [1.165, 1.54) is 6.07 Å². The van der Waals surface area contributed by atoms with E-state index in [0.717, 1.165) is 22.5 Å². The van der Waals surface area contributed by atoms with Crippen molar-refractivity contribution in [2.75, 3.05) is 5.32 Å². The molecule has 0 radical (unpaired) electrons. The first-order valence-corrected chi connectivity index (χ1v) is 6.89. The Morgan fingerprint density at radius 2 is 2.14 bits per heavy atom. The van der Waals surface area contributed by atoms with Gasteiger partial charge >= 0.3 is 0 Å². The molecule has 6 nitrogen and oxygen atoms in total. The number of non-ortho nitro benzene ring substituents is 1. The summed E-state index contributed by atoms with van der Waals surface area (Å²) in [5.74, 6) is 0.342. The Balaban J connectivity index is 2.20. The average Bonchev–Trinajstić information content (AvgIpc) is 2.79. The van der Waals surface area contributed by atoms with Gasteiger partial charge < -0.3 is 5.32 Å². The summed E-state index contributed by atoms with van der Waals surface area (Å²) in [6, 6.07) is 4.85. The van der Waals surface area contributed by atoms with Gasteiger partial charge in [0, 0.05) is 43.2 Å². The highest BCUT2D eigenvalue weighted by molar-refractivity contribution is 5.57. The molecule has 1 N–H and O–H groups in total. The Hall–Kier alpha value is -2.37.